The van der Waals surface area contributed by atoms with Crippen LogP contribution in [0.25, 0.3) is 11.3 Å². The Labute approximate surface area is 273 Å². The van der Waals surface area contributed by atoms with Gasteiger partial charge in [-0.1, -0.05) is 67.4 Å². The predicted octanol–water partition coefficient (Wildman–Crippen LogP) is 6.66. The molecule has 1 amide bonds. The number of halogens is 4. The van der Waals surface area contributed by atoms with E-state index in [4.69, 9.17) is 11.6 Å². The van der Waals surface area contributed by atoms with E-state index in [2.05, 4.69) is 65.1 Å². The molecule has 3 aromatic rings. The minimum atomic E-state index is -4.61. The Morgan fingerprint density at radius 3 is 2.63 bits per heavy atom. The second kappa shape index (κ2) is 13.5. The van der Waals surface area contributed by atoms with E-state index in [-0.39, 0.29) is 23.4 Å². The van der Waals surface area contributed by atoms with Gasteiger partial charge in [0.15, 0.2) is 5.69 Å². The number of rotatable bonds is 4. The van der Waals surface area contributed by atoms with Crippen LogP contribution in [0.5, 0.6) is 0 Å². The fourth-order valence-corrected chi connectivity index (χ4v) is 7.90. The van der Waals surface area contributed by atoms with Gasteiger partial charge < -0.3 is 15.5 Å². The second-order valence-electron chi connectivity index (χ2n) is 13.5. The molecule has 2 saturated heterocycles. The average Bonchev–Trinajstić information content (AvgIpc) is 3.55. The monoisotopic (exact) mass is 654 g/mol. The molecule has 0 spiro atoms. The number of piperidine rings is 1. The number of amides is 1. The van der Waals surface area contributed by atoms with Gasteiger partial charge in [0.1, 0.15) is 0 Å². The first-order valence-corrected chi connectivity index (χ1v) is 16.7. The Morgan fingerprint density at radius 1 is 1.09 bits per heavy atom. The number of aromatic nitrogens is 3. The summed E-state index contributed by atoms with van der Waals surface area (Å²) < 4.78 is 41.0. The summed E-state index contributed by atoms with van der Waals surface area (Å²) in [5.74, 6) is 0.880. The Kier molecular flexibility index (Phi) is 9.60. The molecule has 0 aliphatic carbocycles. The summed E-state index contributed by atoms with van der Waals surface area (Å²) in [7, 11) is 0. The van der Waals surface area contributed by atoms with E-state index < -0.39 is 11.9 Å². The smallest absolute Gasteiger partial charge is 0.334 e. The first-order valence-electron chi connectivity index (χ1n) is 16.3. The Hall–Kier alpha value is -3.21. The lowest BCUT2D eigenvalue weighted by Gasteiger charge is -2.48. The maximum Gasteiger partial charge on any atom is 0.436 e. The SMILES string of the molecule is C[C@@H]1CCC[C@H](N2CCC(c3cc(Cl)ccc3-n3cc(C(F)(F)F)nn3)=CC2=O)C2CC(CCN2)C(C)(c2ccccc2)CNC1. The maximum atomic E-state index is 14.0. The van der Waals surface area contributed by atoms with Crippen molar-refractivity contribution in [2.45, 2.75) is 76.0 Å². The summed E-state index contributed by atoms with van der Waals surface area (Å²) in [5, 5.41) is 15.1. The van der Waals surface area contributed by atoms with E-state index in [0.717, 1.165) is 68.2 Å². The van der Waals surface area contributed by atoms with Crippen molar-refractivity contribution in [1.82, 2.24) is 30.5 Å². The average molecular weight is 655 g/mol. The number of carbonyl (C=O) groups excluding carboxylic acids is 1. The molecule has 3 aliphatic rings. The highest BCUT2D eigenvalue weighted by Crippen LogP contribution is 2.41. The normalized spacial score (nSPS) is 28.3. The molecule has 11 heteroatoms. The van der Waals surface area contributed by atoms with E-state index in [1.807, 2.05) is 4.90 Å². The van der Waals surface area contributed by atoms with Crippen LogP contribution in [0.4, 0.5) is 13.2 Å². The highest BCUT2D eigenvalue weighted by molar-refractivity contribution is 6.30. The van der Waals surface area contributed by atoms with Crippen LogP contribution in [-0.4, -0.2) is 64.1 Å². The minimum absolute atomic E-state index is 0.0381. The molecule has 2 fully saturated rings. The van der Waals surface area contributed by atoms with E-state index in [9.17, 15) is 18.0 Å². The van der Waals surface area contributed by atoms with Crippen LogP contribution >= 0.6 is 11.6 Å². The lowest BCUT2D eigenvalue weighted by Crippen LogP contribution is -2.58. The van der Waals surface area contributed by atoms with Gasteiger partial charge in [-0.2, -0.15) is 13.2 Å². The number of nitrogens with zero attached hydrogens (tertiary/aromatic N) is 4. The topological polar surface area (TPSA) is 75.1 Å². The summed E-state index contributed by atoms with van der Waals surface area (Å²) in [5.41, 5.74) is 1.92. The van der Waals surface area contributed by atoms with Gasteiger partial charge in [0.25, 0.3) is 0 Å². The predicted molar refractivity (Wildman–Crippen MR) is 174 cm³/mol. The lowest BCUT2D eigenvalue weighted by molar-refractivity contribution is -0.141. The van der Waals surface area contributed by atoms with Gasteiger partial charge in [0.2, 0.25) is 5.91 Å². The highest BCUT2D eigenvalue weighted by atomic mass is 35.5. The van der Waals surface area contributed by atoms with Gasteiger partial charge in [-0.3, -0.25) is 4.79 Å². The molecule has 46 heavy (non-hydrogen) atoms. The molecule has 2 aromatic carbocycles. The fourth-order valence-electron chi connectivity index (χ4n) is 7.73. The largest absolute Gasteiger partial charge is 0.436 e. The number of carbonyl (C=O) groups is 1. The first kappa shape index (κ1) is 32.7. The van der Waals surface area contributed by atoms with Gasteiger partial charge in [0, 0.05) is 47.3 Å². The van der Waals surface area contributed by atoms with Crippen molar-refractivity contribution in [3.63, 3.8) is 0 Å². The third-order valence-corrected chi connectivity index (χ3v) is 10.6. The zero-order chi connectivity index (χ0) is 32.5. The third kappa shape index (κ3) is 6.89. The third-order valence-electron chi connectivity index (χ3n) is 10.4. The molecule has 5 atom stereocenters. The van der Waals surface area contributed by atoms with Crippen molar-refractivity contribution in [2.24, 2.45) is 11.8 Å². The molecule has 0 saturated carbocycles. The van der Waals surface area contributed by atoms with Crippen LogP contribution in [0.1, 0.15) is 69.2 Å². The molecular weight excluding hydrogens is 613 g/mol. The van der Waals surface area contributed by atoms with E-state index >= 15 is 0 Å². The van der Waals surface area contributed by atoms with Gasteiger partial charge in [-0.05, 0) is 86.4 Å². The summed E-state index contributed by atoms with van der Waals surface area (Å²) in [6.07, 6.45) is 3.49. The first-order chi connectivity index (χ1) is 22.0. The lowest BCUT2D eigenvalue weighted by atomic mass is 9.66. The zero-order valence-electron chi connectivity index (χ0n) is 26.4. The van der Waals surface area contributed by atoms with Gasteiger partial charge >= 0.3 is 6.18 Å². The Bertz CT molecular complexity index is 1560. The van der Waals surface area contributed by atoms with Crippen molar-refractivity contribution in [3.8, 4) is 5.69 Å². The van der Waals surface area contributed by atoms with Crippen molar-refractivity contribution < 1.29 is 18.0 Å². The number of hydrogen-bond donors (Lipinski definition) is 2. The fraction of sp³-hybridized carbons (Fsp3) is 0.514. The highest BCUT2D eigenvalue weighted by Gasteiger charge is 2.42. The number of fused-ring (bicyclic) bond motifs is 2. The number of hydrogen-bond acceptors (Lipinski definition) is 5. The number of nitrogens with one attached hydrogen (secondary N) is 2. The zero-order valence-corrected chi connectivity index (χ0v) is 27.1. The van der Waals surface area contributed by atoms with Crippen molar-refractivity contribution >= 4 is 23.1 Å². The van der Waals surface area contributed by atoms with Crippen LogP contribution in [0.2, 0.25) is 5.02 Å². The van der Waals surface area contributed by atoms with Crippen LogP contribution in [0.3, 0.4) is 0 Å². The molecule has 0 radical (unpaired) electrons. The maximum absolute atomic E-state index is 14.0. The summed E-state index contributed by atoms with van der Waals surface area (Å²) in [6, 6.07) is 15.9. The second-order valence-corrected chi connectivity index (χ2v) is 13.9. The molecule has 2 bridgehead atoms. The van der Waals surface area contributed by atoms with Crippen LogP contribution in [0.15, 0.2) is 60.8 Å². The van der Waals surface area contributed by atoms with Gasteiger partial charge in [-0.25, -0.2) is 4.68 Å². The molecule has 2 N–H and O–H groups in total. The van der Waals surface area contributed by atoms with Crippen LogP contribution in [0, 0.1) is 11.8 Å². The van der Waals surface area contributed by atoms with E-state index in [0.29, 0.717) is 41.1 Å². The molecule has 1 aromatic heterocycles. The van der Waals surface area contributed by atoms with Crippen molar-refractivity contribution in [3.05, 3.63) is 82.6 Å². The molecule has 3 aliphatic heterocycles. The van der Waals surface area contributed by atoms with Crippen LogP contribution in [-0.2, 0) is 16.4 Å². The summed E-state index contributed by atoms with van der Waals surface area (Å²) in [6.45, 7) is 7.98. The summed E-state index contributed by atoms with van der Waals surface area (Å²) in [4.78, 5) is 16.0. The van der Waals surface area contributed by atoms with E-state index in [1.165, 1.54) is 5.56 Å². The van der Waals surface area contributed by atoms with Gasteiger partial charge in [-0.15, -0.1) is 5.10 Å². The quantitative estimate of drug-likeness (QED) is 0.329. The number of alkyl halides is 3. The number of benzene rings is 2. The standard InChI is InChI=1S/C35H42ClF3N6O/c1-23-7-6-10-31(29-18-26(13-15-41-29)34(2,22-40-20-23)25-8-4-3-5-9-25)44-16-14-24(17-33(44)46)28-19-27(36)11-12-30(28)45-21-32(42-43-45)35(37,38)39/h3-5,8-9,11-12,17,19,21,23,26,29,31,40-41H,6-7,10,13-16,18,20,22H2,1-2H3/t23-,26?,29?,31+,34?/m1/s1. The van der Waals surface area contributed by atoms with Crippen molar-refractivity contribution in [1.29, 1.82) is 0 Å². The molecule has 6 rings (SSSR count). The molecular formula is C35H42ClF3N6O. The van der Waals surface area contributed by atoms with Crippen molar-refractivity contribution in [2.75, 3.05) is 26.2 Å². The molecule has 4 heterocycles. The van der Waals surface area contributed by atoms with Gasteiger partial charge in [0.05, 0.1) is 11.9 Å². The molecule has 3 unspecified atom stereocenters. The van der Waals surface area contributed by atoms with E-state index in [1.54, 1.807) is 24.3 Å². The minimum Gasteiger partial charge on any atom is -0.334 e. The molecule has 246 valence electrons. The van der Waals surface area contributed by atoms with Crippen LogP contribution < -0.4 is 10.6 Å². The Balaban J connectivity index is 1.29. The molecule has 7 nitrogen and oxygen atoms in total. The Morgan fingerprint density at radius 2 is 1.89 bits per heavy atom. The summed E-state index contributed by atoms with van der Waals surface area (Å²) >= 11 is 6.35.